The van der Waals surface area contributed by atoms with Crippen molar-refractivity contribution in [1.82, 2.24) is 31.1 Å². The number of hydrogen-bond donors (Lipinski definition) is 4. The summed E-state index contributed by atoms with van der Waals surface area (Å²) in [7, 11) is 3.13. The minimum atomic E-state index is -1.20. The highest BCUT2D eigenvalue weighted by atomic mass is 32.1. The number of rotatable bonds is 14. The third-order valence-electron chi connectivity index (χ3n) is 9.47. The Bertz CT molecular complexity index is 1480. The van der Waals surface area contributed by atoms with E-state index < -0.39 is 77.2 Å². The van der Waals surface area contributed by atoms with Gasteiger partial charge in [-0.25, -0.2) is 4.79 Å². The molecular formula is C36H56N6O8S. The fourth-order valence-electron chi connectivity index (χ4n) is 6.57. The Balaban J connectivity index is 1.75. The van der Waals surface area contributed by atoms with Crippen molar-refractivity contribution in [3.8, 4) is 0 Å². The van der Waals surface area contributed by atoms with Crippen LogP contribution in [0.2, 0.25) is 0 Å². The second kappa shape index (κ2) is 16.1. The minimum absolute atomic E-state index is 0.0309. The molecule has 284 valence electrons. The van der Waals surface area contributed by atoms with Gasteiger partial charge >= 0.3 is 6.09 Å². The van der Waals surface area contributed by atoms with Gasteiger partial charge in [-0.15, -0.1) is 11.3 Å². The van der Waals surface area contributed by atoms with Crippen molar-refractivity contribution in [3.05, 3.63) is 22.4 Å². The molecule has 1 aromatic heterocycles. The van der Waals surface area contributed by atoms with E-state index in [1.54, 1.807) is 52.4 Å². The van der Waals surface area contributed by atoms with Crippen molar-refractivity contribution < 1.29 is 38.3 Å². The summed E-state index contributed by atoms with van der Waals surface area (Å²) in [5, 5.41) is 12.2. The van der Waals surface area contributed by atoms with Crippen LogP contribution in [0.5, 0.6) is 0 Å². The van der Waals surface area contributed by atoms with E-state index in [-0.39, 0.29) is 29.6 Å². The van der Waals surface area contributed by atoms with Gasteiger partial charge in [-0.3, -0.25) is 28.8 Å². The number of ether oxygens (including phenoxy) is 1. The average Bonchev–Trinajstić information content (AvgIpc) is 3.46. The second-order valence-electron chi connectivity index (χ2n) is 16.3. The zero-order valence-corrected chi connectivity index (χ0v) is 32.6. The van der Waals surface area contributed by atoms with Crippen molar-refractivity contribution >= 4 is 52.7 Å². The number of nitrogens with one attached hydrogen (secondary N) is 4. The van der Waals surface area contributed by atoms with Crippen molar-refractivity contribution in [2.45, 2.75) is 111 Å². The Morgan fingerprint density at radius 1 is 1.02 bits per heavy atom. The lowest BCUT2D eigenvalue weighted by atomic mass is 9.85. The minimum Gasteiger partial charge on any atom is -0.444 e. The zero-order chi connectivity index (χ0) is 38.6. The lowest BCUT2D eigenvalue weighted by molar-refractivity contribution is -0.145. The van der Waals surface area contributed by atoms with Crippen molar-refractivity contribution in [3.63, 3.8) is 0 Å². The van der Waals surface area contributed by atoms with Crippen LogP contribution >= 0.6 is 11.3 Å². The second-order valence-corrected chi connectivity index (χ2v) is 17.3. The monoisotopic (exact) mass is 732 g/mol. The Kier molecular flexibility index (Phi) is 13.1. The van der Waals surface area contributed by atoms with E-state index in [1.807, 2.05) is 41.5 Å². The number of alkyl carbamates (subject to hydrolysis) is 1. The summed E-state index contributed by atoms with van der Waals surface area (Å²) in [5.41, 5.74) is -1.76. The number of unbranched alkanes of at least 4 members (excludes halogenated alkanes) is 1. The molecule has 6 atom stereocenters. The number of carbonyl (C=O) groups is 7. The van der Waals surface area contributed by atoms with Gasteiger partial charge in [-0.1, -0.05) is 60.5 Å². The molecular weight excluding hydrogens is 676 g/mol. The van der Waals surface area contributed by atoms with Crippen molar-refractivity contribution in [1.29, 1.82) is 0 Å². The lowest BCUT2D eigenvalue weighted by Gasteiger charge is -2.38. The number of ketones is 1. The third-order valence-corrected chi connectivity index (χ3v) is 10.4. The first kappa shape index (κ1) is 41.4. The van der Waals surface area contributed by atoms with Gasteiger partial charge in [0.1, 0.15) is 23.7 Å². The maximum absolute atomic E-state index is 14.1. The first-order chi connectivity index (χ1) is 23.5. The summed E-state index contributed by atoms with van der Waals surface area (Å²) in [6.45, 7) is 16.3. The summed E-state index contributed by atoms with van der Waals surface area (Å²) < 4.78 is 5.43. The van der Waals surface area contributed by atoms with Crippen LogP contribution in [0.15, 0.2) is 17.5 Å². The van der Waals surface area contributed by atoms with E-state index >= 15 is 0 Å². The highest BCUT2D eigenvalue weighted by Gasteiger charge is 2.70. The summed E-state index contributed by atoms with van der Waals surface area (Å²) in [5.74, 6) is -4.17. The first-order valence-corrected chi connectivity index (χ1v) is 18.4. The maximum atomic E-state index is 14.1. The quantitative estimate of drug-likeness (QED) is 0.211. The van der Waals surface area contributed by atoms with Gasteiger partial charge in [-0.05, 0) is 61.3 Å². The summed E-state index contributed by atoms with van der Waals surface area (Å²) >= 11 is 1.29. The third kappa shape index (κ3) is 10.3. The van der Waals surface area contributed by atoms with Gasteiger partial charge in [0, 0.05) is 25.5 Å². The molecule has 1 saturated heterocycles. The van der Waals surface area contributed by atoms with Gasteiger partial charge in [0.25, 0.3) is 5.91 Å². The number of hydrogen-bond acceptors (Lipinski definition) is 9. The van der Waals surface area contributed by atoms with Crippen LogP contribution in [0.1, 0.15) is 92.5 Å². The van der Waals surface area contributed by atoms with Gasteiger partial charge in [-0.2, -0.15) is 0 Å². The predicted molar refractivity (Wildman–Crippen MR) is 192 cm³/mol. The van der Waals surface area contributed by atoms with Crippen LogP contribution in [0.25, 0.3) is 0 Å². The SMILES string of the molecule is CCCCC(NC(=O)[C@@H]1C2[C@H](CN1C(=O)[C@@H](NC(=O)OC(C)(C)C)C(C)(C)C)C2(C)C)C(=O)C(=O)NCC(=O)N[C@H](C(=O)N(C)C)c1cccs1. The maximum Gasteiger partial charge on any atom is 0.408 e. The van der Waals surface area contributed by atoms with Crippen LogP contribution in [-0.2, 0) is 33.5 Å². The molecule has 2 aliphatic rings. The van der Waals surface area contributed by atoms with E-state index in [9.17, 15) is 33.6 Å². The lowest BCUT2D eigenvalue weighted by Crippen LogP contribution is -2.60. The van der Waals surface area contributed by atoms with E-state index in [0.29, 0.717) is 24.3 Å². The van der Waals surface area contributed by atoms with E-state index in [2.05, 4.69) is 21.3 Å². The van der Waals surface area contributed by atoms with Crippen LogP contribution in [0, 0.1) is 22.7 Å². The number of Topliss-reactive ketones (excluding diaryl/α,β-unsaturated/α-hetero) is 1. The summed E-state index contributed by atoms with van der Waals surface area (Å²) in [6.07, 6.45) is 0.624. The molecule has 0 bridgehead atoms. The summed E-state index contributed by atoms with van der Waals surface area (Å²) in [6, 6.07) is -0.637. The molecule has 1 aliphatic heterocycles. The molecule has 2 fully saturated rings. The molecule has 2 unspecified atom stereocenters. The Labute approximate surface area is 305 Å². The number of likely N-dealkylation sites (N-methyl/N-ethyl adjacent to an activating group) is 1. The van der Waals surface area contributed by atoms with E-state index in [1.165, 1.54) is 21.1 Å². The number of carbonyl (C=O) groups excluding carboxylic acids is 7. The van der Waals surface area contributed by atoms with Crippen LogP contribution in [-0.4, -0.2) is 102 Å². The van der Waals surface area contributed by atoms with Crippen LogP contribution < -0.4 is 21.3 Å². The molecule has 14 nitrogen and oxygen atoms in total. The van der Waals surface area contributed by atoms with Crippen molar-refractivity contribution in [2.75, 3.05) is 27.2 Å². The molecule has 4 N–H and O–H groups in total. The van der Waals surface area contributed by atoms with Crippen LogP contribution in [0.3, 0.4) is 0 Å². The molecule has 0 radical (unpaired) electrons. The molecule has 51 heavy (non-hydrogen) atoms. The van der Waals surface area contributed by atoms with E-state index in [4.69, 9.17) is 4.74 Å². The molecule has 1 aliphatic carbocycles. The largest absolute Gasteiger partial charge is 0.444 e. The summed E-state index contributed by atoms with van der Waals surface area (Å²) in [4.78, 5) is 96.5. The predicted octanol–water partition coefficient (Wildman–Crippen LogP) is 2.78. The number of likely N-dealkylation sites (tertiary alicyclic amines) is 1. The average molecular weight is 733 g/mol. The fourth-order valence-corrected chi connectivity index (χ4v) is 7.34. The Hall–Kier alpha value is -4.01. The normalized spacial score (nSPS) is 20.9. The van der Waals surface area contributed by atoms with Gasteiger partial charge in [0.15, 0.2) is 0 Å². The van der Waals surface area contributed by atoms with E-state index in [0.717, 1.165) is 0 Å². The standard InChI is InChI=1S/C36H56N6O8S/c1-12-13-15-21(27(44)30(46)37-18-23(43)39-25(31(47)41(10)11)22-16-14-17-51-22)38-29(45)26-24-20(36(24,8)9)19-42(26)32(48)28(34(2,3)4)40-33(49)50-35(5,6)7/h14,16-17,20-21,24-26,28H,12-13,15,18-19H2,1-11H3,(H,37,46)(H,38,45)(H,39,43)(H,40,49)/t20-,21?,24?,25-,26-,28+/m0/s1. The topological polar surface area (TPSA) is 183 Å². The van der Waals surface area contributed by atoms with Gasteiger partial charge in [0.2, 0.25) is 29.4 Å². The first-order valence-electron chi connectivity index (χ1n) is 17.5. The van der Waals surface area contributed by atoms with Crippen molar-refractivity contribution in [2.24, 2.45) is 22.7 Å². The number of nitrogens with zero attached hydrogens (tertiary/aromatic N) is 2. The Morgan fingerprint density at radius 3 is 2.20 bits per heavy atom. The molecule has 2 heterocycles. The van der Waals surface area contributed by atoms with Crippen LogP contribution in [0.4, 0.5) is 4.79 Å². The number of piperidine rings is 1. The Morgan fingerprint density at radius 2 is 1.67 bits per heavy atom. The number of fused-ring (bicyclic) bond motifs is 1. The molecule has 15 heteroatoms. The molecule has 1 saturated carbocycles. The molecule has 0 aromatic carbocycles. The highest BCUT2D eigenvalue weighted by Crippen LogP contribution is 2.65. The number of thiophene rings is 1. The molecule has 6 amide bonds. The fraction of sp³-hybridized carbons (Fsp3) is 0.694. The smallest absolute Gasteiger partial charge is 0.408 e. The molecule has 0 spiro atoms. The molecule has 3 rings (SSSR count). The van der Waals surface area contributed by atoms with Gasteiger partial charge in [0.05, 0.1) is 12.6 Å². The zero-order valence-electron chi connectivity index (χ0n) is 31.8. The number of amides is 6. The highest BCUT2D eigenvalue weighted by molar-refractivity contribution is 7.10. The van der Waals surface area contributed by atoms with Gasteiger partial charge < -0.3 is 35.8 Å². The molecule has 1 aromatic rings.